The molecule has 2 saturated heterocycles. The molecule has 1 saturated carbocycles. The van der Waals surface area contributed by atoms with Crippen molar-refractivity contribution in [2.75, 3.05) is 19.7 Å². The van der Waals surface area contributed by atoms with Crippen LogP contribution in [0.4, 0.5) is 18.0 Å². The third-order valence-electron chi connectivity index (χ3n) is 6.30. The molecule has 28 heavy (non-hydrogen) atoms. The van der Waals surface area contributed by atoms with E-state index in [-0.39, 0.29) is 28.8 Å². The molecule has 1 spiro atoms. The number of ether oxygens (including phenoxy) is 1. The van der Waals surface area contributed by atoms with Crippen LogP contribution in [0.25, 0.3) is 0 Å². The Morgan fingerprint density at radius 2 is 1.93 bits per heavy atom. The van der Waals surface area contributed by atoms with E-state index in [1.54, 1.807) is 12.1 Å². The number of hydrogen-bond acceptors (Lipinski definition) is 3. The number of hydrogen-bond donors (Lipinski definition) is 1. The van der Waals surface area contributed by atoms with E-state index in [1.165, 1.54) is 6.92 Å². The van der Waals surface area contributed by atoms with E-state index in [4.69, 9.17) is 4.74 Å². The molecule has 0 radical (unpaired) electrons. The van der Waals surface area contributed by atoms with Crippen molar-refractivity contribution in [2.24, 2.45) is 5.92 Å². The SMILES string of the molecule is Cc1cc(C2CCN(C(=O)[C@H]3C[C@]4(COC(=O)N4)C3)CC2)ccc1C(F)(F)F. The van der Waals surface area contributed by atoms with Crippen LogP contribution in [0.3, 0.4) is 0 Å². The second-order valence-corrected chi connectivity index (χ2v) is 8.26. The van der Waals surface area contributed by atoms with Crippen molar-refractivity contribution < 1.29 is 27.5 Å². The molecule has 0 atom stereocenters. The van der Waals surface area contributed by atoms with Crippen molar-refractivity contribution in [3.63, 3.8) is 0 Å². The Labute approximate surface area is 161 Å². The number of aryl methyl sites for hydroxylation is 1. The van der Waals surface area contributed by atoms with Crippen LogP contribution in [0.1, 0.15) is 48.3 Å². The first-order valence-electron chi connectivity index (χ1n) is 9.58. The van der Waals surface area contributed by atoms with E-state index in [2.05, 4.69) is 5.32 Å². The third-order valence-corrected chi connectivity index (χ3v) is 6.30. The summed E-state index contributed by atoms with van der Waals surface area (Å²) in [5.41, 5.74) is 0.189. The first kappa shape index (κ1) is 19.1. The predicted molar refractivity (Wildman–Crippen MR) is 94.7 cm³/mol. The number of halogens is 3. The number of alkyl halides is 3. The molecule has 2 amide bonds. The lowest BCUT2D eigenvalue weighted by atomic mass is 9.68. The van der Waals surface area contributed by atoms with Crippen LogP contribution in [0.5, 0.6) is 0 Å². The predicted octanol–water partition coefficient (Wildman–Crippen LogP) is 3.61. The number of amides is 2. The zero-order chi connectivity index (χ0) is 20.1. The van der Waals surface area contributed by atoms with Crippen LogP contribution >= 0.6 is 0 Å². The number of carbonyl (C=O) groups is 2. The van der Waals surface area contributed by atoms with E-state index >= 15 is 0 Å². The van der Waals surface area contributed by atoms with Crippen LogP contribution in [0, 0.1) is 12.8 Å². The molecule has 1 aromatic carbocycles. The molecule has 152 valence electrons. The standard InChI is InChI=1S/C20H23F3N2O3/c1-12-8-14(2-3-16(12)20(21,22)23)13-4-6-25(7-5-13)17(26)15-9-19(10-15)11-28-18(27)24-19/h2-3,8,13,15H,4-7,9-11H2,1H3,(H,24,27)/t15-,19+. The topological polar surface area (TPSA) is 58.6 Å². The van der Waals surface area contributed by atoms with Crippen LogP contribution in [0.15, 0.2) is 18.2 Å². The van der Waals surface area contributed by atoms with Gasteiger partial charge in [0.05, 0.1) is 11.1 Å². The van der Waals surface area contributed by atoms with Gasteiger partial charge in [0.1, 0.15) is 6.61 Å². The van der Waals surface area contributed by atoms with Gasteiger partial charge in [0, 0.05) is 19.0 Å². The normalized spacial score (nSPS) is 28.1. The molecule has 0 bridgehead atoms. The first-order chi connectivity index (χ1) is 13.2. The number of likely N-dealkylation sites (tertiary alicyclic amines) is 1. The summed E-state index contributed by atoms with van der Waals surface area (Å²) in [5.74, 6) is 0.181. The number of cyclic esters (lactones) is 1. The van der Waals surface area contributed by atoms with Crippen molar-refractivity contribution in [1.82, 2.24) is 10.2 Å². The Kier molecular flexibility index (Phi) is 4.55. The molecule has 1 aromatic rings. The van der Waals surface area contributed by atoms with Crippen LogP contribution in [-0.2, 0) is 15.7 Å². The maximum atomic E-state index is 12.9. The minimum Gasteiger partial charge on any atom is -0.447 e. The minimum absolute atomic E-state index is 0.0909. The lowest BCUT2D eigenvalue weighted by Crippen LogP contribution is -2.58. The largest absolute Gasteiger partial charge is 0.447 e. The van der Waals surface area contributed by atoms with E-state index in [1.807, 2.05) is 4.90 Å². The summed E-state index contributed by atoms with van der Waals surface area (Å²) in [6, 6.07) is 4.35. The van der Waals surface area contributed by atoms with Gasteiger partial charge in [0.15, 0.2) is 0 Å². The molecule has 8 heteroatoms. The van der Waals surface area contributed by atoms with Crippen molar-refractivity contribution in [3.8, 4) is 0 Å². The van der Waals surface area contributed by atoms with E-state index < -0.39 is 17.8 Å². The average molecular weight is 396 g/mol. The van der Waals surface area contributed by atoms with Crippen molar-refractivity contribution in [1.29, 1.82) is 0 Å². The lowest BCUT2D eigenvalue weighted by Gasteiger charge is -2.45. The molecule has 4 rings (SSSR count). The Morgan fingerprint density at radius 3 is 2.46 bits per heavy atom. The number of piperidine rings is 1. The fourth-order valence-corrected chi connectivity index (χ4v) is 4.72. The summed E-state index contributed by atoms with van der Waals surface area (Å²) in [7, 11) is 0. The highest BCUT2D eigenvalue weighted by atomic mass is 19.4. The highest BCUT2D eigenvalue weighted by Crippen LogP contribution is 2.42. The van der Waals surface area contributed by atoms with E-state index in [0.29, 0.717) is 32.5 Å². The summed E-state index contributed by atoms with van der Waals surface area (Å²) in [5, 5.41) is 2.79. The van der Waals surface area contributed by atoms with Crippen molar-refractivity contribution in [3.05, 3.63) is 34.9 Å². The molecule has 1 aliphatic carbocycles. The summed E-state index contributed by atoms with van der Waals surface area (Å²) < 4.78 is 43.7. The van der Waals surface area contributed by atoms with Gasteiger partial charge in [0.25, 0.3) is 0 Å². The number of alkyl carbamates (subject to hydrolysis) is 1. The average Bonchev–Trinajstić information content (AvgIpc) is 3.01. The maximum Gasteiger partial charge on any atom is 0.416 e. The highest BCUT2D eigenvalue weighted by molar-refractivity contribution is 5.81. The molecular formula is C20H23F3N2O3. The molecular weight excluding hydrogens is 373 g/mol. The van der Waals surface area contributed by atoms with Gasteiger partial charge in [-0.05, 0) is 55.7 Å². The minimum atomic E-state index is -4.33. The number of rotatable bonds is 2. The number of carbonyl (C=O) groups excluding carboxylic acids is 2. The van der Waals surface area contributed by atoms with Gasteiger partial charge in [-0.3, -0.25) is 4.79 Å². The van der Waals surface area contributed by atoms with Crippen LogP contribution < -0.4 is 5.32 Å². The molecule has 3 aliphatic rings. The molecule has 1 N–H and O–H groups in total. The molecule has 2 heterocycles. The molecule has 2 aliphatic heterocycles. The summed E-state index contributed by atoms with van der Waals surface area (Å²) in [6.07, 6.45) is -2.05. The fraction of sp³-hybridized carbons (Fsp3) is 0.600. The van der Waals surface area contributed by atoms with Gasteiger partial charge < -0.3 is 15.0 Å². The van der Waals surface area contributed by atoms with Crippen LogP contribution in [-0.4, -0.2) is 42.1 Å². The molecule has 3 fully saturated rings. The third kappa shape index (κ3) is 3.44. The summed E-state index contributed by atoms with van der Waals surface area (Å²) in [6.45, 7) is 3.03. The van der Waals surface area contributed by atoms with Gasteiger partial charge in [0.2, 0.25) is 5.91 Å². The highest BCUT2D eigenvalue weighted by Gasteiger charge is 2.53. The fourth-order valence-electron chi connectivity index (χ4n) is 4.72. The monoisotopic (exact) mass is 396 g/mol. The Morgan fingerprint density at radius 1 is 1.25 bits per heavy atom. The number of nitrogens with zero attached hydrogens (tertiary/aromatic N) is 1. The van der Waals surface area contributed by atoms with Crippen LogP contribution in [0.2, 0.25) is 0 Å². The molecule has 0 aromatic heterocycles. The van der Waals surface area contributed by atoms with Gasteiger partial charge >= 0.3 is 12.3 Å². The maximum absolute atomic E-state index is 12.9. The Bertz CT molecular complexity index is 794. The number of nitrogens with one attached hydrogen (secondary N) is 1. The molecule has 5 nitrogen and oxygen atoms in total. The number of benzene rings is 1. The second kappa shape index (κ2) is 6.67. The van der Waals surface area contributed by atoms with Gasteiger partial charge in [-0.25, -0.2) is 4.79 Å². The zero-order valence-electron chi connectivity index (χ0n) is 15.6. The Balaban J connectivity index is 1.32. The Hall–Kier alpha value is -2.25. The van der Waals surface area contributed by atoms with Gasteiger partial charge in [-0.2, -0.15) is 13.2 Å². The summed E-state index contributed by atoms with van der Waals surface area (Å²) in [4.78, 5) is 25.8. The van der Waals surface area contributed by atoms with Gasteiger partial charge in [-0.1, -0.05) is 12.1 Å². The zero-order valence-corrected chi connectivity index (χ0v) is 15.6. The quantitative estimate of drug-likeness (QED) is 0.831. The lowest BCUT2D eigenvalue weighted by molar-refractivity contribution is -0.142. The second-order valence-electron chi connectivity index (χ2n) is 8.26. The van der Waals surface area contributed by atoms with Gasteiger partial charge in [-0.15, -0.1) is 0 Å². The smallest absolute Gasteiger partial charge is 0.416 e. The van der Waals surface area contributed by atoms with E-state index in [9.17, 15) is 22.8 Å². The van der Waals surface area contributed by atoms with Crippen molar-refractivity contribution in [2.45, 2.75) is 50.2 Å². The van der Waals surface area contributed by atoms with E-state index in [0.717, 1.165) is 24.5 Å². The summed E-state index contributed by atoms with van der Waals surface area (Å²) >= 11 is 0. The van der Waals surface area contributed by atoms with Crippen molar-refractivity contribution >= 4 is 12.0 Å². The molecule has 0 unspecified atom stereocenters. The first-order valence-corrected chi connectivity index (χ1v) is 9.58.